The molecule has 0 bridgehead atoms. The smallest absolute Gasteiger partial charge is 0.111 e. The van der Waals surface area contributed by atoms with Crippen molar-refractivity contribution in [3.05, 3.63) is 0 Å². The first kappa shape index (κ1) is 29.5. The van der Waals surface area contributed by atoms with E-state index in [0.717, 1.165) is 0 Å². The Labute approximate surface area is 175 Å². The molecule has 0 heterocycles. The highest BCUT2D eigenvalue weighted by atomic mass is 16.4. The zero-order chi connectivity index (χ0) is 23.4. The lowest BCUT2D eigenvalue weighted by Crippen LogP contribution is -2.60. The van der Waals surface area contributed by atoms with E-state index < -0.39 is 74.3 Å². The lowest BCUT2D eigenvalue weighted by molar-refractivity contribution is -0.116. The molecule has 0 radical (unpaired) electrons. The Morgan fingerprint density at radius 2 is 0.967 bits per heavy atom. The Morgan fingerprint density at radius 3 is 1.27 bits per heavy atom. The molecule has 14 N–H and O–H groups in total. The van der Waals surface area contributed by atoms with Crippen LogP contribution >= 0.6 is 0 Å². The minimum atomic E-state index is -1.78. The molecule has 0 saturated heterocycles. The Bertz CT molecular complexity index is 407. The van der Waals surface area contributed by atoms with Gasteiger partial charge in [-0.25, -0.2) is 0 Å². The van der Waals surface area contributed by atoms with Gasteiger partial charge >= 0.3 is 0 Å². The first-order chi connectivity index (χ1) is 14.0. The van der Waals surface area contributed by atoms with Gasteiger partial charge in [0.1, 0.15) is 36.6 Å². The van der Waals surface area contributed by atoms with Gasteiger partial charge in [0.15, 0.2) is 0 Å². The van der Waals surface area contributed by atoms with Crippen molar-refractivity contribution in [2.45, 2.75) is 80.8 Å². The summed E-state index contributed by atoms with van der Waals surface area (Å²) in [6.07, 6.45) is -12.9. The van der Waals surface area contributed by atoms with Crippen molar-refractivity contribution >= 4 is 0 Å². The largest absolute Gasteiger partial charge is 0.394 e. The monoisotopic (exact) mass is 445 g/mol. The van der Waals surface area contributed by atoms with Crippen LogP contribution in [0.25, 0.3) is 0 Å². The van der Waals surface area contributed by atoms with Gasteiger partial charge in [0.25, 0.3) is 0 Å². The fourth-order valence-corrected chi connectivity index (χ4v) is 2.74. The lowest BCUT2D eigenvalue weighted by Gasteiger charge is -2.32. The van der Waals surface area contributed by atoms with E-state index in [1.165, 1.54) is 0 Å². The molecule has 0 saturated carbocycles. The van der Waals surface area contributed by atoms with Gasteiger partial charge in [-0.05, 0) is 6.42 Å². The van der Waals surface area contributed by atoms with Gasteiger partial charge in [-0.1, -0.05) is 13.3 Å². The third kappa shape index (κ3) is 9.74. The molecule has 0 rings (SSSR count). The number of hydrogen-bond acceptors (Lipinski definition) is 13. The van der Waals surface area contributed by atoms with Crippen molar-refractivity contribution in [2.24, 2.45) is 5.73 Å². The summed E-state index contributed by atoms with van der Waals surface area (Å²) in [4.78, 5) is 0. The maximum atomic E-state index is 10.0. The molecular formula is C17H39N3O10. The summed E-state index contributed by atoms with van der Waals surface area (Å²) in [7, 11) is 0. The van der Waals surface area contributed by atoms with Crippen LogP contribution in [0.2, 0.25) is 0 Å². The summed E-state index contributed by atoms with van der Waals surface area (Å²) in [5.74, 6) is 0. The van der Waals surface area contributed by atoms with E-state index >= 15 is 0 Å². The average Bonchev–Trinajstić information content (AvgIpc) is 2.75. The second-order valence-corrected chi connectivity index (χ2v) is 7.34. The molecule has 0 aromatic heterocycles. The second-order valence-electron chi connectivity index (χ2n) is 7.34. The summed E-state index contributed by atoms with van der Waals surface area (Å²) in [6, 6.07) is -0.524. The molecule has 30 heavy (non-hydrogen) atoms. The van der Waals surface area contributed by atoms with Crippen molar-refractivity contribution in [3.63, 3.8) is 0 Å². The van der Waals surface area contributed by atoms with Crippen LogP contribution in [0.5, 0.6) is 0 Å². The molecule has 0 aliphatic heterocycles. The van der Waals surface area contributed by atoms with Crippen LogP contribution in [0, 0.1) is 0 Å². The summed E-state index contributed by atoms with van der Waals surface area (Å²) in [5, 5.41) is 101. The highest BCUT2D eigenvalue weighted by Gasteiger charge is 2.32. The van der Waals surface area contributed by atoms with Crippen LogP contribution in [0.15, 0.2) is 0 Å². The van der Waals surface area contributed by atoms with Gasteiger partial charge in [-0.2, -0.15) is 0 Å². The van der Waals surface area contributed by atoms with E-state index in [1.807, 2.05) is 6.92 Å². The van der Waals surface area contributed by atoms with Crippen LogP contribution < -0.4 is 16.4 Å². The van der Waals surface area contributed by atoms with Gasteiger partial charge in [-0.3, -0.25) is 10.6 Å². The van der Waals surface area contributed by atoms with Gasteiger partial charge in [0, 0.05) is 19.1 Å². The molecule has 0 aliphatic rings. The molecule has 13 heteroatoms. The molecule has 9 atom stereocenters. The second kappa shape index (κ2) is 15.3. The third-order valence-electron chi connectivity index (χ3n) is 4.79. The van der Waals surface area contributed by atoms with Crippen LogP contribution in [0.4, 0.5) is 0 Å². The van der Waals surface area contributed by atoms with Crippen molar-refractivity contribution in [1.29, 1.82) is 0 Å². The molecule has 0 unspecified atom stereocenters. The van der Waals surface area contributed by atoms with Gasteiger partial charge in [0.05, 0.1) is 31.6 Å². The summed E-state index contributed by atoms with van der Waals surface area (Å²) in [5.41, 5.74) is 6.05. The predicted molar refractivity (Wildman–Crippen MR) is 105 cm³/mol. The fraction of sp³-hybridized carbons (Fsp3) is 1.00. The lowest BCUT2D eigenvalue weighted by atomic mass is 10.0. The first-order valence-corrected chi connectivity index (χ1v) is 9.90. The van der Waals surface area contributed by atoms with Crippen LogP contribution in [-0.2, 0) is 0 Å². The topological polar surface area (TPSA) is 252 Å². The molecule has 182 valence electrons. The highest BCUT2D eigenvalue weighted by Crippen LogP contribution is 2.07. The van der Waals surface area contributed by atoms with Crippen LogP contribution in [0.3, 0.4) is 0 Å². The SMILES string of the molecule is CCC[C@H](N)C(NC[C@H](O)[C@@H](O)[C@H](O)[C@H](O)CO)NC[C@H](O)[C@@H](O)[C@H](O)[C@H](O)CO. The fourth-order valence-electron chi connectivity index (χ4n) is 2.74. The summed E-state index contributed by atoms with van der Waals surface area (Å²) in [6.45, 7) is -0.290. The van der Waals surface area contributed by atoms with E-state index in [2.05, 4.69) is 10.6 Å². The Hall–Kier alpha value is -0.520. The minimum Gasteiger partial charge on any atom is -0.394 e. The van der Waals surface area contributed by atoms with Gasteiger partial charge in [0.2, 0.25) is 0 Å². The van der Waals surface area contributed by atoms with E-state index in [-0.39, 0.29) is 13.1 Å². The minimum absolute atomic E-state index is 0.282. The van der Waals surface area contributed by atoms with Crippen LogP contribution in [0.1, 0.15) is 19.8 Å². The third-order valence-corrected chi connectivity index (χ3v) is 4.79. The zero-order valence-electron chi connectivity index (χ0n) is 17.1. The summed E-state index contributed by atoms with van der Waals surface area (Å²) >= 11 is 0. The van der Waals surface area contributed by atoms with Gasteiger partial charge < -0.3 is 56.8 Å². The summed E-state index contributed by atoms with van der Waals surface area (Å²) < 4.78 is 0. The maximum absolute atomic E-state index is 10.0. The molecule has 0 amide bonds. The Kier molecular flexibility index (Phi) is 15.0. The van der Waals surface area contributed by atoms with E-state index in [4.69, 9.17) is 15.9 Å². The number of hydrogen-bond donors (Lipinski definition) is 13. The highest BCUT2D eigenvalue weighted by molar-refractivity contribution is 4.87. The van der Waals surface area contributed by atoms with E-state index in [0.29, 0.717) is 12.8 Å². The normalized spacial score (nSPS) is 21.5. The first-order valence-electron chi connectivity index (χ1n) is 9.90. The molecular weight excluding hydrogens is 406 g/mol. The van der Waals surface area contributed by atoms with Crippen molar-refractivity contribution in [2.75, 3.05) is 26.3 Å². The van der Waals surface area contributed by atoms with Crippen molar-refractivity contribution in [3.8, 4) is 0 Å². The molecule has 0 fully saturated rings. The van der Waals surface area contributed by atoms with E-state index in [9.17, 15) is 40.9 Å². The number of rotatable bonds is 17. The van der Waals surface area contributed by atoms with Crippen molar-refractivity contribution in [1.82, 2.24) is 10.6 Å². The zero-order valence-corrected chi connectivity index (χ0v) is 17.1. The van der Waals surface area contributed by atoms with Gasteiger partial charge in [-0.15, -0.1) is 0 Å². The number of nitrogens with one attached hydrogen (secondary N) is 2. The maximum Gasteiger partial charge on any atom is 0.111 e. The predicted octanol–water partition coefficient (Wildman–Crippen LogP) is -6.51. The number of nitrogens with two attached hydrogens (primary N) is 1. The molecule has 0 aromatic rings. The van der Waals surface area contributed by atoms with E-state index in [1.54, 1.807) is 0 Å². The standard InChI is InChI=1S/C17H39N3O10/c1-2-3-8(18)17(19-4-9(23)13(27)15(29)11(25)6-21)20-5-10(24)14(28)16(30)12(26)7-22/h8-17,19-30H,2-7,18H2,1H3/t8-,9-,10-,11+,12+,13+,14+,15+,16+/m0/s1. The molecule has 0 spiro atoms. The van der Waals surface area contributed by atoms with Crippen molar-refractivity contribution < 1.29 is 51.1 Å². The Balaban J connectivity index is 4.85. The molecule has 13 nitrogen and oxygen atoms in total. The van der Waals surface area contributed by atoms with Crippen LogP contribution in [-0.4, -0.2) is 138 Å². The average molecular weight is 446 g/mol. The molecule has 0 aliphatic carbocycles. The molecule has 0 aromatic carbocycles. The quantitative estimate of drug-likeness (QED) is 0.0931. The number of aliphatic hydroxyl groups excluding tert-OH is 10. The Morgan fingerprint density at radius 1 is 0.633 bits per heavy atom. The number of aliphatic hydroxyl groups is 10.